The third-order valence-corrected chi connectivity index (χ3v) is 4.82. The van der Waals surface area contributed by atoms with Crippen molar-refractivity contribution >= 4 is 5.90 Å². The third-order valence-electron chi connectivity index (χ3n) is 4.82. The van der Waals surface area contributed by atoms with E-state index in [9.17, 15) is 10.1 Å². The van der Waals surface area contributed by atoms with Gasteiger partial charge in [0.1, 0.15) is 0 Å². The molecule has 3 aliphatic rings. The van der Waals surface area contributed by atoms with Crippen molar-refractivity contribution in [1.82, 2.24) is 0 Å². The first-order valence-electron chi connectivity index (χ1n) is 7.37. The minimum atomic E-state index is -1.41. The lowest BCUT2D eigenvalue weighted by Gasteiger charge is -2.23. The number of benzene rings is 1. The largest absolute Gasteiger partial charge is 0.463 e. The van der Waals surface area contributed by atoms with Gasteiger partial charge in [0.25, 0.3) is 0 Å². The lowest BCUT2D eigenvalue weighted by atomic mass is 9.92. The van der Waals surface area contributed by atoms with E-state index >= 15 is 0 Å². The predicted molar refractivity (Wildman–Crippen MR) is 82.1 cm³/mol. The van der Waals surface area contributed by atoms with E-state index in [4.69, 9.17) is 4.74 Å². The number of nitro groups is 1. The molecule has 4 rings (SSSR count). The lowest BCUT2D eigenvalue weighted by Crippen LogP contribution is -2.48. The molecule has 0 unspecified atom stereocenters. The van der Waals surface area contributed by atoms with Crippen molar-refractivity contribution in [3.8, 4) is 0 Å². The molecule has 0 N–H and O–H groups in total. The zero-order valence-electron chi connectivity index (χ0n) is 12.4. The molecule has 0 radical (unpaired) electrons. The summed E-state index contributed by atoms with van der Waals surface area (Å²) in [5.41, 5.74) is 1.60. The molecule has 112 valence electrons. The van der Waals surface area contributed by atoms with Crippen LogP contribution in [0, 0.1) is 22.0 Å². The molecule has 2 aliphatic carbocycles. The van der Waals surface area contributed by atoms with E-state index < -0.39 is 11.8 Å². The Labute approximate surface area is 128 Å². The maximum Gasteiger partial charge on any atom is 0.363 e. The second-order valence-electron chi connectivity index (χ2n) is 6.21. The molecular formula is C17H16N2O3. The molecule has 22 heavy (non-hydrogen) atoms. The highest BCUT2D eigenvalue weighted by Gasteiger charge is 2.73. The number of rotatable bonds is 2. The fourth-order valence-electron chi connectivity index (χ4n) is 3.94. The molecule has 1 aromatic carbocycles. The van der Waals surface area contributed by atoms with Crippen molar-refractivity contribution in [1.29, 1.82) is 0 Å². The van der Waals surface area contributed by atoms with Gasteiger partial charge in [-0.15, -0.1) is 0 Å². The zero-order chi connectivity index (χ0) is 15.5. The molecule has 2 bridgehead atoms. The van der Waals surface area contributed by atoms with Gasteiger partial charge < -0.3 is 4.74 Å². The fraction of sp³-hybridized carbons (Fsp3) is 0.353. The monoisotopic (exact) mass is 296 g/mol. The van der Waals surface area contributed by atoms with E-state index in [0.29, 0.717) is 5.90 Å². The topological polar surface area (TPSA) is 64.7 Å². The second-order valence-corrected chi connectivity index (χ2v) is 6.21. The van der Waals surface area contributed by atoms with E-state index in [2.05, 4.69) is 4.99 Å². The summed E-state index contributed by atoms with van der Waals surface area (Å²) >= 11 is 0. The number of hydrogen-bond donors (Lipinski definition) is 0. The molecule has 0 amide bonds. The highest BCUT2D eigenvalue weighted by Crippen LogP contribution is 2.57. The van der Waals surface area contributed by atoms with Crippen molar-refractivity contribution in [2.75, 3.05) is 0 Å². The molecule has 1 heterocycles. The summed E-state index contributed by atoms with van der Waals surface area (Å²) in [6.07, 6.45) is 3.41. The second kappa shape index (κ2) is 4.29. The Morgan fingerprint density at radius 2 is 2.00 bits per heavy atom. The number of nitrogens with zero attached hydrogens (tertiary/aromatic N) is 2. The molecule has 0 aromatic heterocycles. The van der Waals surface area contributed by atoms with Crippen LogP contribution in [0.15, 0.2) is 58.6 Å². The molecule has 1 aliphatic heterocycles. The Balaban J connectivity index is 1.87. The highest BCUT2D eigenvalue weighted by atomic mass is 16.6. The summed E-state index contributed by atoms with van der Waals surface area (Å²) in [6, 6.07) is 9.38. The van der Waals surface area contributed by atoms with E-state index in [0.717, 1.165) is 16.7 Å². The molecule has 0 saturated heterocycles. The van der Waals surface area contributed by atoms with Crippen molar-refractivity contribution in [2.24, 2.45) is 16.8 Å². The molecule has 4 atom stereocenters. The van der Waals surface area contributed by atoms with Gasteiger partial charge in [0.15, 0.2) is 0 Å². The van der Waals surface area contributed by atoms with Gasteiger partial charge in [-0.3, -0.25) is 10.1 Å². The van der Waals surface area contributed by atoms with Gasteiger partial charge in [0.05, 0.1) is 10.8 Å². The maximum atomic E-state index is 11.9. The molecule has 1 fully saturated rings. The summed E-state index contributed by atoms with van der Waals surface area (Å²) in [5, 5.41) is 11.9. The summed E-state index contributed by atoms with van der Waals surface area (Å²) in [6.45, 7) is 4.00. The number of allylic oxidation sites excluding steroid dienone is 1. The highest BCUT2D eigenvalue weighted by molar-refractivity contribution is 5.96. The van der Waals surface area contributed by atoms with Crippen LogP contribution >= 0.6 is 0 Å². The van der Waals surface area contributed by atoms with Gasteiger partial charge in [-0.25, -0.2) is 0 Å². The van der Waals surface area contributed by atoms with Crippen LogP contribution in [-0.4, -0.2) is 22.6 Å². The normalized spacial score (nSPS) is 34.4. The number of ether oxygens (including phenoxy) is 1. The number of fused-ring (bicyclic) bond motifs is 5. The molecule has 5 nitrogen and oxygen atoms in total. The van der Waals surface area contributed by atoms with Gasteiger partial charge >= 0.3 is 5.66 Å². The van der Waals surface area contributed by atoms with Crippen molar-refractivity contribution in [3.05, 3.63) is 69.3 Å². The van der Waals surface area contributed by atoms with Gasteiger partial charge in [-0.1, -0.05) is 35.9 Å². The summed E-state index contributed by atoms with van der Waals surface area (Å²) in [7, 11) is 0. The first-order valence-corrected chi connectivity index (χ1v) is 7.37. The van der Waals surface area contributed by atoms with E-state index in [1.807, 2.05) is 56.3 Å². The Kier molecular flexibility index (Phi) is 2.58. The summed E-state index contributed by atoms with van der Waals surface area (Å²) in [4.78, 5) is 16.1. The minimum Gasteiger partial charge on any atom is -0.463 e. The minimum absolute atomic E-state index is 0.0506. The van der Waals surface area contributed by atoms with Crippen LogP contribution in [0.5, 0.6) is 0 Å². The van der Waals surface area contributed by atoms with Gasteiger partial charge in [0.2, 0.25) is 12.0 Å². The zero-order valence-corrected chi connectivity index (χ0v) is 12.4. The number of hydrogen-bond acceptors (Lipinski definition) is 4. The van der Waals surface area contributed by atoms with Crippen molar-refractivity contribution < 1.29 is 9.66 Å². The Morgan fingerprint density at radius 3 is 2.59 bits per heavy atom. The smallest absolute Gasteiger partial charge is 0.363 e. The van der Waals surface area contributed by atoms with Crippen molar-refractivity contribution in [2.45, 2.75) is 25.6 Å². The van der Waals surface area contributed by atoms with Gasteiger partial charge in [-0.05, 0) is 31.6 Å². The first-order chi connectivity index (χ1) is 10.6. The van der Waals surface area contributed by atoms with Crippen LogP contribution in [-0.2, 0) is 4.74 Å². The molecule has 1 aromatic rings. The Morgan fingerprint density at radius 1 is 1.27 bits per heavy atom. The SMILES string of the molecule is CC(C)=C1[C@H]2C=C[C@@H]1[C@@H]1OC(c3ccccc3)=N[C@]21[N+](=O)[O-]. The van der Waals surface area contributed by atoms with Crippen LogP contribution in [0.2, 0.25) is 0 Å². The molecular weight excluding hydrogens is 280 g/mol. The van der Waals surface area contributed by atoms with E-state index in [1.165, 1.54) is 0 Å². The number of aliphatic imine (C=N–C) groups is 1. The van der Waals surface area contributed by atoms with Crippen molar-refractivity contribution in [3.63, 3.8) is 0 Å². The Hall–Kier alpha value is -2.43. The average molecular weight is 296 g/mol. The quantitative estimate of drug-likeness (QED) is 0.479. The summed E-state index contributed by atoms with van der Waals surface area (Å²) < 4.78 is 5.97. The summed E-state index contributed by atoms with van der Waals surface area (Å²) in [5.74, 6) is 0.0304. The van der Waals surface area contributed by atoms with E-state index in [-0.39, 0.29) is 16.8 Å². The maximum absolute atomic E-state index is 11.9. The molecule has 1 saturated carbocycles. The third kappa shape index (κ3) is 1.46. The first kappa shape index (κ1) is 13.2. The van der Waals surface area contributed by atoms with Crippen LogP contribution in [0.25, 0.3) is 0 Å². The molecule has 0 spiro atoms. The average Bonchev–Trinajstić information content (AvgIpc) is 3.16. The van der Waals surface area contributed by atoms with Crippen LogP contribution < -0.4 is 0 Å². The lowest BCUT2D eigenvalue weighted by molar-refractivity contribution is -0.579. The predicted octanol–water partition coefficient (Wildman–Crippen LogP) is 2.96. The Bertz CT molecular complexity index is 746. The van der Waals surface area contributed by atoms with Crippen LogP contribution in [0.3, 0.4) is 0 Å². The van der Waals surface area contributed by atoms with E-state index in [1.54, 1.807) is 0 Å². The van der Waals surface area contributed by atoms with Crippen LogP contribution in [0.4, 0.5) is 0 Å². The standard InChI is InChI=1S/C17H16N2O3/c1-10(2)14-12-8-9-13(14)17(19(20)21)15(12)22-16(18-17)11-6-4-3-5-7-11/h3-9,12-13,15H,1-2H3/t12-,13+,15-,17-/m0/s1. The van der Waals surface area contributed by atoms with Gasteiger partial charge in [0, 0.05) is 11.5 Å². The van der Waals surface area contributed by atoms with Gasteiger partial charge in [-0.2, -0.15) is 4.99 Å². The van der Waals surface area contributed by atoms with Crippen LogP contribution in [0.1, 0.15) is 19.4 Å². The molecule has 5 heteroatoms. The fourth-order valence-corrected chi connectivity index (χ4v) is 3.94.